The van der Waals surface area contributed by atoms with Crippen LogP contribution in [0, 0.1) is 0 Å². The number of esters is 1. The highest BCUT2D eigenvalue weighted by Crippen LogP contribution is 2.34. The number of hydrogen-bond donors (Lipinski definition) is 0. The summed E-state index contributed by atoms with van der Waals surface area (Å²) in [5.41, 5.74) is 1.36. The molecule has 1 aromatic rings. The SMILES string of the molecule is CC/C=C/C(=O)OC1CCC(c2ccc(OCC)cc2)CC1. The van der Waals surface area contributed by atoms with Crippen molar-refractivity contribution in [3.05, 3.63) is 42.0 Å². The monoisotopic (exact) mass is 302 g/mol. The summed E-state index contributed by atoms with van der Waals surface area (Å²) in [6, 6.07) is 8.40. The van der Waals surface area contributed by atoms with Crippen LogP contribution in [0.5, 0.6) is 5.75 Å². The van der Waals surface area contributed by atoms with Crippen molar-refractivity contribution < 1.29 is 14.3 Å². The van der Waals surface area contributed by atoms with Crippen molar-refractivity contribution >= 4 is 5.97 Å². The van der Waals surface area contributed by atoms with Gasteiger partial charge in [-0.05, 0) is 62.6 Å². The Kier molecular flexibility index (Phi) is 6.50. The highest BCUT2D eigenvalue weighted by molar-refractivity contribution is 5.82. The summed E-state index contributed by atoms with van der Waals surface area (Å²) in [6.07, 6.45) is 8.36. The molecule has 0 N–H and O–H groups in total. The van der Waals surface area contributed by atoms with Gasteiger partial charge in [-0.25, -0.2) is 4.79 Å². The average molecular weight is 302 g/mol. The van der Waals surface area contributed by atoms with Crippen LogP contribution in [0.15, 0.2) is 36.4 Å². The molecule has 3 heteroatoms. The maximum Gasteiger partial charge on any atom is 0.330 e. The lowest BCUT2D eigenvalue weighted by atomic mass is 9.83. The first-order valence-corrected chi connectivity index (χ1v) is 8.32. The number of benzene rings is 1. The van der Waals surface area contributed by atoms with Gasteiger partial charge < -0.3 is 9.47 Å². The van der Waals surface area contributed by atoms with Gasteiger partial charge in [0.05, 0.1) is 6.61 Å². The molecule has 1 aliphatic carbocycles. The van der Waals surface area contributed by atoms with E-state index in [1.807, 2.05) is 32.1 Å². The molecule has 22 heavy (non-hydrogen) atoms. The molecular formula is C19H26O3. The minimum atomic E-state index is -0.202. The Balaban J connectivity index is 1.81. The van der Waals surface area contributed by atoms with Gasteiger partial charge in [0, 0.05) is 6.08 Å². The molecule has 1 saturated carbocycles. The third-order valence-electron chi connectivity index (χ3n) is 4.11. The zero-order valence-corrected chi connectivity index (χ0v) is 13.6. The highest BCUT2D eigenvalue weighted by Gasteiger charge is 2.24. The van der Waals surface area contributed by atoms with E-state index in [0.717, 1.165) is 37.9 Å². The van der Waals surface area contributed by atoms with Gasteiger partial charge in [-0.2, -0.15) is 0 Å². The summed E-state index contributed by atoms with van der Waals surface area (Å²) < 4.78 is 11.0. The van der Waals surface area contributed by atoms with Crippen molar-refractivity contribution in [1.29, 1.82) is 0 Å². The minimum Gasteiger partial charge on any atom is -0.494 e. The van der Waals surface area contributed by atoms with Gasteiger partial charge in [-0.15, -0.1) is 0 Å². The van der Waals surface area contributed by atoms with Crippen LogP contribution in [0.4, 0.5) is 0 Å². The largest absolute Gasteiger partial charge is 0.494 e. The Bertz CT molecular complexity index is 482. The van der Waals surface area contributed by atoms with Crippen LogP contribution < -0.4 is 4.74 Å². The van der Waals surface area contributed by atoms with Crippen LogP contribution >= 0.6 is 0 Å². The molecule has 0 aliphatic heterocycles. The Morgan fingerprint density at radius 2 is 1.82 bits per heavy atom. The normalized spacial score (nSPS) is 21.7. The second-order valence-corrected chi connectivity index (χ2v) is 5.72. The lowest BCUT2D eigenvalue weighted by Gasteiger charge is -2.28. The summed E-state index contributed by atoms with van der Waals surface area (Å²) in [4.78, 5) is 11.6. The van der Waals surface area contributed by atoms with E-state index in [9.17, 15) is 4.79 Å². The van der Waals surface area contributed by atoms with E-state index in [4.69, 9.17) is 9.47 Å². The number of carbonyl (C=O) groups excluding carboxylic acids is 1. The molecule has 0 bridgehead atoms. The first-order chi connectivity index (χ1) is 10.7. The summed E-state index contributed by atoms with van der Waals surface area (Å²) in [5.74, 6) is 1.29. The van der Waals surface area contributed by atoms with Gasteiger partial charge in [0.15, 0.2) is 0 Å². The van der Waals surface area contributed by atoms with Crippen molar-refractivity contribution in [1.82, 2.24) is 0 Å². The fourth-order valence-electron chi connectivity index (χ4n) is 2.93. The van der Waals surface area contributed by atoms with Crippen LogP contribution in [-0.2, 0) is 9.53 Å². The van der Waals surface area contributed by atoms with Gasteiger partial charge in [0.1, 0.15) is 11.9 Å². The molecule has 0 unspecified atom stereocenters. The molecule has 1 aliphatic rings. The lowest BCUT2D eigenvalue weighted by Crippen LogP contribution is -2.23. The number of hydrogen-bond acceptors (Lipinski definition) is 3. The molecule has 1 fully saturated rings. The van der Waals surface area contributed by atoms with Crippen LogP contribution in [0.1, 0.15) is 57.4 Å². The third-order valence-corrected chi connectivity index (χ3v) is 4.11. The fourth-order valence-corrected chi connectivity index (χ4v) is 2.93. The molecule has 0 radical (unpaired) electrons. The number of allylic oxidation sites excluding steroid dienone is 1. The Morgan fingerprint density at radius 3 is 2.41 bits per heavy atom. The van der Waals surface area contributed by atoms with E-state index >= 15 is 0 Å². The topological polar surface area (TPSA) is 35.5 Å². The summed E-state index contributed by atoms with van der Waals surface area (Å²) in [7, 11) is 0. The second kappa shape index (κ2) is 8.62. The van der Waals surface area contributed by atoms with Crippen molar-refractivity contribution in [2.45, 2.75) is 58.0 Å². The van der Waals surface area contributed by atoms with Crippen molar-refractivity contribution in [2.24, 2.45) is 0 Å². The predicted octanol–water partition coefficient (Wildman–Crippen LogP) is 4.62. The molecule has 2 rings (SSSR count). The van der Waals surface area contributed by atoms with E-state index in [1.165, 1.54) is 5.56 Å². The zero-order chi connectivity index (χ0) is 15.8. The van der Waals surface area contributed by atoms with Gasteiger partial charge >= 0.3 is 5.97 Å². The molecule has 0 atom stereocenters. The third kappa shape index (κ3) is 4.90. The van der Waals surface area contributed by atoms with Gasteiger partial charge in [0.2, 0.25) is 0 Å². The highest BCUT2D eigenvalue weighted by atomic mass is 16.5. The van der Waals surface area contributed by atoms with E-state index in [-0.39, 0.29) is 12.1 Å². The lowest BCUT2D eigenvalue weighted by molar-refractivity contribution is -0.144. The minimum absolute atomic E-state index is 0.0768. The Hall–Kier alpha value is -1.77. The fraction of sp³-hybridized carbons (Fsp3) is 0.526. The Morgan fingerprint density at radius 1 is 1.14 bits per heavy atom. The summed E-state index contributed by atoms with van der Waals surface area (Å²) in [5, 5.41) is 0. The summed E-state index contributed by atoms with van der Waals surface area (Å²) >= 11 is 0. The van der Waals surface area contributed by atoms with Crippen LogP contribution in [0.3, 0.4) is 0 Å². The molecule has 1 aromatic carbocycles. The number of ether oxygens (including phenoxy) is 2. The predicted molar refractivity (Wildman–Crippen MR) is 88.1 cm³/mol. The van der Waals surface area contributed by atoms with Crippen molar-refractivity contribution in [3.63, 3.8) is 0 Å². The summed E-state index contributed by atoms with van der Waals surface area (Å²) in [6.45, 7) is 4.69. The molecule has 0 heterocycles. The molecule has 0 spiro atoms. The van der Waals surface area contributed by atoms with Gasteiger partial charge in [-0.1, -0.05) is 25.1 Å². The van der Waals surface area contributed by atoms with Crippen LogP contribution in [0.2, 0.25) is 0 Å². The molecule has 3 nitrogen and oxygen atoms in total. The van der Waals surface area contributed by atoms with Gasteiger partial charge in [0.25, 0.3) is 0 Å². The number of rotatable bonds is 6. The van der Waals surface area contributed by atoms with E-state index in [2.05, 4.69) is 12.1 Å². The molecular weight excluding hydrogens is 276 g/mol. The smallest absolute Gasteiger partial charge is 0.330 e. The Labute approximate surface area is 133 Å². The molecule has 0 saturated heterocycles. The first-order valence-electron chi connectivity index (χ1n) is 8.32. The second-order valence-electron chi connectivity index (χ2n) is 5.72. The average Bonchev–Trinajstić information content (AvgIpc) is 2.55. The molecule has 0 amide bonds. The zero-order valence-electron chi connectivity index (χ0n) is 13.6. The van der Waals surface area contributed by atoms with Gasteiger partial charge in [-0.3, -0.25) is 0 Å². The van der Waals surface area contributed by atoms with Crippen LogP contribution in [0.25, 0.3) is 0 Å². The maximum atomic E-state index is 11.6. The first kappa shape index (κ1) is 16.6. The van der Waals surface area contributed by atoms with E-state index < -0.39 is 0 Å². The van der Waals surface area contributed by atoms with Crippen molar-refractivity contribution in [2.75, 3.05) is 6.61 Å². The van der Waals surface area contributed by atoms with Crippen LogP contribution in [-0.4, -0.2) is 18.7 Å². The van der Waals surface area contributed by atoms with E-state index in [1.54, 1.807) is 6.08 Å². The number of carbonyl (C=O) groups is 1. The standard InChI is InChI=1S/C19H26O3/c1-3-5-6-19(20)22-18-13-9-16(10-14-18)15-7-11-17(12-8-15)21-4-2/h5-8,11-12,16,18H,3-4,9-10,13-14H2,1-2H3/b6-5+. The van der Waals surface area contributed by atoms with E-state index in [0.29, 0.717) is 12.5 Å². The molecule has 0 aromatic heterocycles. The van der Waals surface area contributed by atoms with Crippen molar-refractivity contribution in [3.8, 4) is 5.75 Å². The quantitative estimate of drug-likeness (QED) is 0.568. The maximum absolute atomic E-state index is 11.6. The molecule has 120 valence electrons.